The van der Waals surface area contributed by atoms with Crippen LogP contribution in [0, 0.1) is 0 Å². The van der Waals surface area contributed by atoms with Crippen LogP contribution < -0.4 is 4.74 Å². The van der Waals surface area contributed by atoms with Crippen molar-refractivity contribution in [2.75, 3.05) is 0 Å². The fourth-order valence-corrected chi connectivity index (χ4v) is 1.21. The Hall–Kier alpha value is -1.83. The van der Waals surface area contributed by atoms with Gasteiger partial charge in [0.05, 0.1) is 18.0 Å². The summed E-state index contributed by atoms with van der Waals surface area (Å²) in [6, 6.07) is 9.83. The van der Waals surface area contributed by atoms with Gasteiger partial charge in [0, 0.05) is 5.39 Å². The highest BCUT2D eigenvalue weighted by molar-refractivity contribution is 5.79. The van der Waals surface area contributed by atoms with Crippen molar-refractivity contribution in [1.29, 1.82) is 0 Å². The number of benzene rings is 1. The smallest absolute Gasteiger partial charge is 0.145 e. The zero-order valence-electron chi connectivity index (χ0n) is 7.10. The summed E-state index contributed by atoms with van der Waals surface area (Å²) < 4.78 is 5.12. The highest BCUT2D eigenvalue weighted by Crippen LogP contribution is 2.17. The summed E-state index contributed by atoms with van der Waals surface area (Å²) in [5.41, 5.74) is 0.971. The van der Waals surface area contributed by atoms with E-state index in [0.717, 1.165) is 10.9 Å². The number of para-hydroxylation sites is 1. The largest absolute Gasteiger partial charge is 0.464 e. The third-order valence-corrected chi connectivity index (χ3v) is 1.78. The van der Waals surface area contributed by atoms with E-state index in [-0.39, 0.29) is 0 Å². The minimum absolute atomic E-state index is 0.716. The maximum absolute atomic E-state index is 5.12. The normalized spacial score (nSPS) is 9.85. The Morgan fingerprint density at radius 1 is 1.31 bits per heavy atom. The molecule has 0 saturated heterocycles. The lowest BCUT2D eigenvalue weighted by Gasteiger charge is -2.00. The maximum atomic E-state index is 5.12. The summed E-state index contributed by atoms with van der Waals surface area (Å²) in [5.74, 6) is 0.716. The van der Waals surface area contributed by atoms with Gasteiger partial charge < -0.3 is 4.74 Å². The molecule has 2 rings (SSSR count). The van der Waals surface area contributed by atoms with Crippen molar-refractivity contribution in [1.82, 2.24) is 4.98 Å². The zero-order chi connectivity index (χ0) is 9.10. The van der Waals surface area contributed by atoms with Crippen molar-refractivity contribution in [2.45, 2.75) is 0 Å². The summed E-state index contributed by atoms with van der Waals surface area (Å²) in [5, 5.41) is 1.07. The van der Waals surface area contributed by atoms with Gasteiger partial charge in [0.25, 0.3) is 0 Å². The van der Waals surface area contributed by atoms with Gasteiger partial charge in [-0.05, 0) is 12.1 Å². The maximum Gasteiger partial charge on any atom is 0.145 e. The standard InChI is InChI=1S/C11H9NO/c1-2-13-10-7-9-5-3-4-6-11(9)12-8-10/h2-8H,1H2. The van der Waals surface area contributed by atoms with E-state index in [1.165, 1.54) is 6.26 Å². The van der Waals surface area contributed by atoms with Gasteiger partial charge in [-0.3, -0.25) is 4.98 Å². The van der Waals surface area contributed by atoms with Crippen molar-refractivity contribution in [2.24, 2.45) is 0 Å². The van der Waals surface area contributed by atoms with E-state index in [2.05, 4.69) is 11.6 Å². The summed E-state index contributed by atoms with van der Waals surface area (Å²) in [6.45, 7) is 3.49. The van der Waals surface area contributed by atoms with Crippen molar-refractivity contribution in [3.8, 4) is 5.75 Å². The first kappa shape index (κ1) is 7.80. The molecule has 2 nitrogen and oxygen atoms in total. The Morgan fingerprint density at radius 3 is 3.00 bits per heavy atom. The summed E-state index contributed by atoms with van der Waals surface area (Å²) >= 11 is 0. The average Bonchev–Trinajstić information content (AvgIpc) is 2.18. The van der Waals surface area contributed by atoms with Crippen LogP contribution in [0.15, 0.2) is 49.4 Å². The lowest BCUT2D eigenvalue weighted by atomic mass is 10.2. The highest BCUT2D eigenvalue weighted by atomic mass is 16.5. The molecule has 0 aliphatic heterocycles. The number of fused-ring (bicyclic) bond motifs is 1. The Kier molecular flexibility index (Phi) is 1.96. The van der Waals surface area contributed by atoms with Crippen LogP contribution >= 0.6 is 0 Å². The molecule has 13 heavy (non-hydrogen) atoms. The minimum atomic E-state index is 0.716. The van der Waals surface area contributed by atoms with Crippen molar-refractivity contribution < 1.29 is 4.74 Å². The first-order valence-corrected chi connectivity index (χ1v) is 4.02. The summed E-state index contributed by atoms with van der Waals surface area (Å²) in [7, 11) is 0. The SMILES string of the molecule is C=COc1cnc2ccccc2c1. The third-order valence-electron chi connectivity index (χ3n) is 1.78. The van der Waals surface area contributed by atoms with Crippen molar-refractivity contribution in [3.63, 3.8) is 0 Å². The second kappa shape index (κ2) is 3.27. The minimum Gasteiger partial charge on any atom is -0.464 e. The predicted octanol–water partition coefficient (Wildman–Crippen LogP) is 2.76. The summed E-state index contributed by atoms with van der Waals surface area (Å²) in [4.78, 5) is 4.23. The van der Waals surface area contributed by atoms with Crippen molar-refractivity contribution in [3.05, 3.63) is 49.4 Å². The molecule has 2 heteroatoms. The molecule has 0 bridgehead atoms. The molecule has 0 unspecified atom stereocenters. The topological polar surface area (TPSA) is 22.1 Å². The molecule has 0 radical (unpaired) electrons. The van der Waals surface area contributed by atoms with Crippen LogP contribution in [0.5, 0.6) is 5.75 Å². The van der Waals surface area contributed by atoms with Crippen LogP contribution in [0.1, 0.15) is 0 Å². The Balaban J connectivity index is 2.55. The molecule has 1 heterocycles. The quantitative estimate of drug-likeness (QED) is 0.648. The van der Waals surface area contributed by atoms with Gasteiger partial charge in [0.15, 0.2) is 0 Å². The molecule has 1 aromatic heterocycles. The van der Waals surface area contributed by atoms with E-state index >= 15 is 0 Å². The molecule has 0 spiro atoms. The molecule has 0 atom stereocenters. The molecule has 0 aliphatic rings. The fourth-order valence-electron chi connectivity index (χ4n) is 1.21. The predicted molar refractivity (Wildman–Crippen MR) is 52.6 cm³/mol. The van der Waals surface area contributed by atoms with Gasteiger partial charge in [-0.25, -0.2) is 0 Å². The number of rotatable bonds is 2. The first-order valence-electron chi connectivity index (χ1n) is 4.02. The van der Waals surface area contributed by atoms with Gasteiger partial charge in [0.1, 0.15) is 5.75 Å². The number of hydrogen-bond acceptors (Lipinski definition) is 2. The molecule has 0 N–H and O–H groups in total. The molecule has 0 fully saturated rings. The second-order valence-corrected chi connectivity index (χ2v) is 2.65. The fraction of sp³-hybridized carbons (Fsp3) is 0. The molecule has 0 amide bonds. The van der Waals surface area contributed by atoms with Gasteiger partial charge >= 0.3 is 0 Å². The van der Waals surface area contributed by atoms with Gasteiger partial charge in [0.2, 0.25) is 0 Å². The first-order chi connectivity index (χ1) is 6.40. The number of pyridine rings is 1. The molecular formula is C11H9NO. The molecule has 0 saturated carbocycles. The van der Waals surface area contributed by atoms with Crippen molar-refractivity contribution >= 4 is 10.9 Å². The van der Waals surface area contributed by atoms with Crippen LogP contribution in [0.4, 0.5) is 0 Å². The number of hydrogen-bond donors (Lipinski definition) is 0. The molecule has 1 aromatic carbocycles. The molecule has 0 aliphatic carbocycles. The third kappa shape index (κ3) is 1.51. The van der Waals surface area contributed by atoms with E-state index in [1.54, 1.807) is 6.20 Å². The monoisotopic (exact) mass is 171 g/mol. The lowest BCUT2D eigenvalue weighted by molar-refractivity contribution is 0.482. The summed E-state index contributed by atoms with van der Waals surface area (Å²) in [6.07, 6.45) is 3.08. The Labute approximate surface area is 76.5 Å². The van der Waals surface area contributed by atoms with Crippen LogP contribution in [0.3, 0.4) is 0 Å². The van der Waals surface area contributed by atoms with E-state index in [9.17, 15) is 0 Å². The average molecular weight is 171 g/mol. The van der Waals surface area contributed by atoms with Gasteiger partial charge in [-0.1, -0.05) is 24.8 Å². The van der Waals surface area contributed by atoms with E-state index in [4.69, 9.17) is 4.74 Å². The van der Waals surface area contributed by atoms with Crippen LogP contribution in [-0.2, 0) is 0 Å². The van der Waals surface area contributed by atoms with Gasteiger partial charge in [-0.2, -0.15) is 0 Å². The van der Waals surface area contributed by atoms with Crippen LogP contribution in [0.2, 0.25) is 0 Å². The Bertz CT molecular complexity index is 437. The highest BCUT2D eigenvalue weighted by Gasteiger charge is 1.95. The lowest BCUT2D eigenvalue weighted by Crippen LogP contribution is -1.83. The zero-order valence-corrected chi connectivity index (χ0v) is 7.10. The van der Waals surface area contributed by atoms with E-state index in [1.807, 2.05) is 30.3 Å². The Morgan fingerprint density at radius 2 is 2.15 bits per heavy atom. The molecular weight excluding hydrogens is 162 g/mol. The van der Waals surface area contributed by atoms with Crippen LogP contribution in [-0.4, -0.2) is 4.98 Å². The van der Waals surface area contributed by atoms with Crippen LogP contribution in [0.25, 0.3) is 10.9 Å². The molecule has 64 valence electrons. The second-order valence-electron chi connectivity index (χ2n) is 2.65. The number of nitrogens with zero attached hydrogens (tertiary/aromatic N) is 1. The molecule has 2 aromatic rings. The van der Waals surface area contributed by atoms with E-state index < -0.39 is 0 Å². The van der Waals surface area contributed by atoms with E-state index in [0.29, 0.717) is 5.75 Å². The van der Waals surface area contributed by atoms with Gasteiger partial charge in [-0.15, -0.1) is 0 Å². The number of aromatic nitrogens is 1. The number of ether oxygens (including phenoxy) is 1.